The SMILES string of the molecule is CCOC(=O)C(=O)N(C)CCCC[C@@H](C(=O)N(C)[C@@H](CCCCN(C)C(=O)C(=O)OCC)C(=O)OC)N(C)C(=O)C(=O)OCC. The van der Waals surface area contributed by atoms with Gasteiger partial charge in [-0.1, -0.05) is 0 Å². The van der Waals surface area contributed by atoms with E-state index < -0.39 is 59.6 Å². The second-order valence-electron chi connectivity index (χ2n) is 10.0. The smallest absolute Gasteiger partial charge is 0.397 e. The van der Waals surface area contributed by atoms with Crippen molar-refractivity contribution in [3.8, 4) is 0 Å². The highest BCUT2D eigenvalue weighted by Crippen LogP contribution is 2.17. The van der Waals surface area contributed by atoms with Crippen LogP contribution in [0, 0.1) is 0 Å². The molecule has 0 fully saturated rings. The van der Waals surface area contributed by atoms with Crippen LogP contribution in [0.15, 0.2) is 0 Å². The van der Waals surface area contributed by atoms with Gasteiger partial charge in [-0.15, -0.1) is 0 Å². The molecule has 0 aromatic carbocycles. The van der Waals surface area contributed by atoms with Crippen LogP contribution in [0.3, 0.4) is 0 Å². The molecule has 0 unspecified atom stereocenters. The Kier molecular flexibility index (Phi) is 19.4. The topological polar surface area (TPSA) is 186 Å². The molecule has 0 aromatic heterocycles. The largest absolute Gasteiger partial charge is 0.467 e. The molecule has 16 nitrogen and oxygen atoms in total. The number of ether oxygens (including phenoxy) is 4. The van der Waals surface area contributed by atoms with Crippen molar-refractivity contribution in [2.75, 3.05) is 68.2 Å². The minimum absolute atomic E-state index is 0.0509. The van der Waals surface area contributed by atoms with Crippen LogP contribution in [-0.2, 0) is 57.3 Å². The van der Waals surface area contributed by atoms with E-state index in [0.717, 1.165) is 9.80 Å². The molecule has 0 saturated heterocycles. The predicted octanol–water partition coefficient (Wildman–Crippen LogP) is -0.240. The normalized spacial score (nSPS) is 11.7. The minimum atomic E-state index is -1.18. The third kappa shape index (κ3) is 13.5. The van der Waals surface area contributed by atoms with Gasteiger partial charge in [-0.25, -0.2) is 19.2 Å². The standard InChI is InChI=1S/C29H48N4O12/c1-9-43-27(39)23(35)30(4)18-14-12-16-20(32(6)25(37)29(41)45-11-3)22(34)33(7)21(26(38)42-8)17-13-15-19-31(5)24(36)28(40)44-10-2/h20-21H,9-19H2,1-8H3/t20-,21-/m0/s1. The van der Waals surface area contributed by atoms with E-state index in [0.29, 0.717) is 25.7 Å². The fourth-order valence-electron chi connectivity index (χ4n) is 4.23. The number of methoxy groups -OCH3 is 1. The van der Waals surface area contributed by atoms with E-state index in [4.69, 9.17) is 18.9 Å². The van der Waals surface area contributed by atoms with Gasteiger partial charge in [0.1, 0.15) is 12.1 Å². The Morgan fingerprint density at radius 2 is 0.911 bits per heavy atom. The number of amides is 4. The molecule has 0 aliphatic carbocycles. The Morgan fingerprint density at radius 3 is 1.29 bits per heavy atom. The van der Waals surface area contributed by atoms with Gasteiger partial charge in [-0.2, -0.15) is 0 Å². The number of nitrogens with zero attached hydrogens (tertiary/aromatic N) is 4. The molecular weight excluding hydrogens is 596 g/mol. The van der Waals surface area contributed by atoms with Crippen LogP contribution in [0.2, 0.25) is 0 Å². The lowest BCUT2D eigenvalue weighted by Gasteiger charge is -2.33. The van der Waals surface area contributed by atoms with Crippen molar-refractivity contribution in [3.05, 3.63) is 0 Å². The zero-order valence-electron chi connectivity index (χ0n) is 27.6. The van der Waals surface area contributed by atoms with Crippen LogP contribution < -0.4 is 0 Å². The Balaban J connectivity index is 5.66. The molecule has 45 heavy (non-hydrogen) atoms. The van der Waals surface area contributed by atoms with Gasteiger partial charge in [0.2, 0.25) is 5.91 Å². The highest BCUT2D eigenvalue weighted by atomic mass is 16.5. The van der Waals surface area contributed by atoms with Gasteiger partial charge in [0.05, 0.1) is 26.9 Å². The Hall–Kier alpha value is -4.24. The molecule has 2 atom stereocenters. The van der Waals surface area contributed by atoms with E-state index >= 15 is 0 Å². The molecule has 0 aliphatic heterocycles. The van der Waals surface area contributed by atoms with Crippen molar-refractivity contribution in [2.45, 2.75) is 71.4 Å². The van der Waals surface area contributed by atoms with Crippen molar-refractivity contribution < 1.29 is 57.3 Å². The third-order valence-electron chi connectivity index (χ3n) is 6.85. The van der Waals surface area contributed by atoms with Gasteiger partial charge >= 0.3 is 41.6 Å². The lowest BCUT2D eigenvalue weighted by molar-refractivity contribution is -0.163. The van der Waals surface area contributed by atoms with Gasteiger partial charge in [-0.3, -0.25) is 19.2 Å². The molecule has 0 bridgehead atoms. The van der Waals surface area contributed by atoms with Crippen molar-refractivity contribution in [3.63, 3.8) is 0 Å². The minimum Gasteiger partial charge on any atom is -0.467 e. The van der Waals surface area contributed by atoms with Crippen LogP contribution >= 0.6 is 0 Å². The average Bonchev–Trinajstić information content (AvgIpc) is 3.02. The molecule has 0 aliphatic rings. The van der Waals surface area contributed by atoms with E-state index in [2.05, 4.69) is 0 Å². The quantitative estimate of drug-likeness (QED) is 0.0877. The zero-order valence-corrected chi connectivity index (χ0v) is 27.6. The Morgan fingerprint density at radius 1 is 0.533 bits per heavy atom. The van der Waals surface area contributed by atoms with E-state index in [1.165, 1.54) is 52.0 Å². The second kappa shape index (κ2) is 21.5. The summed E-state index contributed by atoms with van der Waals surface area (Å²) in [5, 5.41) is 0. The molecule has 16 heteroatoms. The molecule has 0 saturated carbocycles. The Labute approximate surface area is 264 Å². The summed E-state index contributed by atoms with van der Waals surface area (Å²) in [6.07, 6.45) is 1.59. The van der Waals surface area contributed by atoms with Crippen molar-refractivity contribution in [2.24, 2.45) is 0 Å². The van der Waals surface area contributed by atoms with E-state index in [1.807, 2.05) is 0 Å². The number of rotatable bonds is 17. The van der Waals surface area contributed by atoms with Crippen LogP contribution in [0.4, 0.5) is 0 Å². The summed E-state index contributed by atoms with van der Waals surface area (Å²) in [4.78, 5) is 103. The highest BCUT2D eigenvalue weighted by Gasteiger charge is 2.37. The fraction of sp³-hybridized carbons (Fsp3) is 0.724. The first kappa shape index (κ1) is 40.8. The summed E-state index contributed by atoms with van der Waals surface area (Å²) in [6.45, 7) is 5.10. The summed E-state index contributed by atoms with van der Waals surface area (Å²) in [6, 6.07) is -2.24. The zero-order chi connectivity index (χ0) is 34.7. The van der Waals surface area contributed by atoms with E-state index in [9.17, 15) is 38.4 Å². The maximum atomic E-state index is 13.7. The van der Waals surface area contributed by atoms with Crippen LogP contribution in [-0.4, -0.2) is 147 Å². The number of esters is 4. The molecule has 0 radical (unpaired) electrons. The average molecular weight is 645 g/mol. The van der Waals surface area contributed by atoms with Crippen LogP contribution in [0.5, 0.6) is 0 Å². The van der Waals surface area contributed by atoms with Crippen LogP contribution in [0.1, 0.15) is 59.3 Å². The fourth-order valence-corrected chi connectivity index (χ4v) is 4.23. The van der Waals surface area contributed by atoms with Gasteiger partial charge < -0.3 is 38.5 Å². The number of carbonyl (C=O) groups is 8. The summed E-state index contributed by atoms with van der Waals surface area (Å²) >= 11 is 0. The number of likely N-dealkylation sites (N-methyl/N-ethyl adjacent to an activating group) is 4. The molecule has 4 amide bonds. The number of hydrogen-bond donors (Lipinski definition) is 0. The van der Waals surface area contributed by atoms with Crippen LogP contribution in [0.25, 0.3) is 0 Å². The number of unbranched alkanes of at least 4 members (excludes halogenated alkanes) is 2. The summed E-state index contributed by atoms with van der Waals surface area (Å²) in [5.41, 5.74) is 0. The van der Waals surface area contributed by atoms with Gasteiger partial charge in [0, 0.05) is 41.3 Å². The summed E-state index contributed by atoms with van der Waals surface area (Å²) in [7, 11) is 6.69. The Bertz CT molecular complexity index is 1050. The molecule has 0 rings (SSSR count). The molecule has 0 aromatic rings. The monoisotopic (exact) mass is 644 g/mol. The van der Waals surface area contributed by atoms with Gasteiger partial charge in [-0.05, 0) is 59.3 Å². The van der Waals surface area contributed by atoms with E-state index in [-0.39, 0.29) is 45.8 Å². The molecule has 0 N–H and O–H groups in total. The predicted molar refractivity (Wildman–Crippen MR) is 158 cm³/mol. The molecular formula is C29H48N4O12. The first-order chi connectivity index (χ1) is 21.2. The lowest BCUT2D eigenvalue weighted by Crippen LogP contribution is -2.54. The van der Waals surface area contributed by atoms with Gasteiger partial charge in [0.25, 0.3) is 0 Å². The molecule has 256 valence electrons. The maximum Gasteiger partial charge on any atom is 0.397 e. The second-order valence-corrected chi connectivity index (χ2v) is 10.0. The first-order valence-electron chi connectivity index (χ1n) is 14.8. The third-order valence-corrected chi connectivity index (χ3v) is 6.85. The van der Waals surface area contributed by atoms with Gasteiger partial charge in [0.15, 0.2) is 0 Å². The first-order valence-corrected chi connectivity index (χ1v) is 14.8. The number of hydrogen-bond acceptors (Lipinski definition) is 12. The highest BCUT2D eigenvalue weighted by molar-refractivity contribution is 6.33. The van der Waals surface area contributed by atoms with Crippen molar-refractivity contribution in [1.82, 2.24) is 19.6 Å². The molecule has 0 spiro atoms. The summed E-state index contributed by atoms with van der Waals surface area (Å²) < 4.78 is 19.1. The van der Waals surface area contributed by atoms with E-state index in [1.54, 1.807) is 13.8 Å². The number of carbonyl (C=O) groups excluding carboxylic acids is 8. The van der Waals surface area contributed by atoms with Crippen molar-refractivity contribution in [1.29, 1.82) is 0 Å². The maximum absolute atomic E-state index is 13.7. The lowest BCUT2D eigenvalue weighted by atomic mass is 10.0. The molecule has 0 heterocycles. The van der Waals surface area contributed by atoms with Crippen molar-refractivity contribution >= 4 is 47.5 Å². The summed E-state index contributed by atoms with van der Waals surface area (Å²) in [5.74, 6) is -7.13.